The number of carbonyl (C=O) groups is 2. The van der Waals surface area contributed by atoms with Crippen LogP contribution in [0.4, 0.5) is 0 Å². The predicted octanol–water partition coefficient (Wildman–Crippen LogP) is 5.84. The number of furan rings is 1. The van der Waals surface area contributed by atoms with Crippen LogP contribution in [0.2, 0.25) is 5.02 Å². The van der Waals surface area contributed by atoms with Crippen molar-refractivity contribution in [2.24, 2.45) is 0 Å². The van der Waals surface area contributed by atoms with E-state index in [1.807, 2.05) is 65.6 Å². The number of aromatic nitrogens is 1. The molecule has 0 radical (unpaired) electrons. The lowest BCUT2D eigenvalue weighted by Crippen LogP contribution is -2.40. The third kappa shape index (κ3) is 5.56. The summed E-state index contributed by atoms with van der Waals surface area (Å²) in [7, 11) is 0. The lowest BCUT2D eigenvalue weighted by molar-refractivity contribution is -0.114. The molecule has 36 heavy (non-hydrogen) atoms. The second-order valence-electron chi connectivity index (χ2n) is 8.63. The molecule has 0 bridgehead atoms. The number of pyridine rings is 1. The summed E-state index contributed by atoms with van der Waals surface area (Å²) in [6.07, 6.45) is 5.75. The molecule has 2 aromatic heterocycles. The minimum atomic E-state index is -0.000360. The predicted molar refractivity (Wildman–Crippen MR) is 140 cm³/mol. The van der Waals surface area contributed by atoms with Crippen molar-refractivity contribution < 1.29 is 18.7 Å². The SMILES string of the molecule is O=C(/C=C/c1ccccn1)CCc1cc2cc(-c3ccc(C(=O)N4CCOCC4)cc3)cc(Cl)c2o1. The standard InChI is InChI=1S/C29H25ClN2O4/c30-27-19-22(20-4-6-21(7-5-20)29(34)32-13-15-35-16-14-32)17-23-18-26(36-28(23)27)11-10-25(33)9-8-24-3-1-2-12-31-24/h1-9,12,17-19H,10-11,13-16H2/b9-8+. The van der Waals surface area contributed by atoms with Crippen LogP contribution in [0.1, 0.15) is 28.2 Å². The largest absolute Gasteiger partial charge is 0.459 e. The highest BCUT2D eigenvalue weighted by molar-refractivity contribution is 6.35. The van der Waals surface area contributed by atoms with Gasteiger partial charge in [-0.25, -0.2) is 0 Å². The van der Waals surface area contributed by atoms with E-state index in [9.17, 15) is 9.59 Å². The zero-order chi connectivity index (χ0) is 24.9. The van der Waals surface area contributed by atoms with Crippen LogP contribution in [0.5, 0.6) is 0 Å². The molecule has 0 N–H and O–H groups in total. The number of benzene rings is 2. The minimum Gasteiger partial charge on any atom is -0.459 e. The fourth-order valence-electron chi connectivity index (χ4n) is 4.19. The Balaban J connectivity index is 1.27. The van der Waals surface area contributed by atoms with Gasteiger partial charge < -0.3 is 14.1 Å². The highest BCUT2D eigenvalue weighted by atomic mass is 35.5. The number of rotatable bonds is 7. The number of nitrogens with zero attached hydrogens (tertiary/aromatic N) is 2. The third-order valence-electron chi connectivity index (χ3n) is 6.13. The van der Waals surface area contributed by atoms with E-state index in [1.54, 1.807) is 18.3 Å². The molecule has 0 unspecified atom stereocenters. The van der Waals surface area contributed by atoms with Crippen molar-refractivity contribution in [3.05, 3.63) is 95.0 Å². The molecule has 0 spiro atoms. The average molecular weight is 501 g/mol. The van der Waals surface area contributed by atoms with Gasteiger partial charge in [0.15, 0.2) is 11.4 Å². The molecule has 5 rings (SSSR count). The fourth-order valence-corrected chi connectivity index (χ4v) is 4.46. The molecule has 1 fully saturated rings. The zero-order valence-corrected chi connectivity index (χ0v) is 20.4. The molecule has 0 aliphatic carbocycles. The molecule has 1 amide bonds. The van der Waals surface area contributed by atoms with Gasteiger partial charge in [0.2, 0.25) is 0 Å². The summed E-state index contributed by atoms with van der Waals surface area (Å²) in [6, 6.07) is 18.9. The number of carbonyl (C=O) groups excluding carboxylic acids is 2. The van der Waals surface area contributed by atoms with Crippen LogP contribution in [0, 0.1) is 0 Å². The molecule has 0 saturated carbocycles. The van der Waals surface area contributed by atoms with Gasteiger partial charge in [0, 0.05) is 43.1 Å². The van der Waals surface area contributed by atoms with Gasteiger partial charge in [0.1, 0.15) is 5.76 Å². The van der Waals surface area contributed by atoms with Crippen molar-refractivity contribution in [2.45, 2.75) is 12.8 Å². The summed E-state index contributed by atoms with van der Waals surface area (Å²) in [5, 5.41) is 1.38. The smallest absolute Gasteiger partial charge is 0.254 e. The Hall–Kier alpha value is -3.74. The van der Waals surface area contributed by atoms with E-state index in [4.69, 9.17) is 20.8 Å². The van der Waals surface area contributed by atoms with Crippen LogP contribution in [-0.2, 0) is 16.0 Å². The number of ether oxygens (including phenoxy) is 1. The monoisotopic (exact) mass is 500 g/mol. The molecular weight excluding hydrogens is 476 g/mol. The van der Waals surface area contributed by atoms with Crippen molar-refractivity contribution in [3.63, 3.8) is 0 Å². The minimum absolute atomic E-state index is 0.000360. The van der Waals surface area contributed by atoms with Gasteiger partial charge in [0.05, 0.1) is 23.9 Å². The van der Waals surface area contributed by atoms with E-state index in [0.717, 1.165) is 22.2 Å². The number of hydrogen-bond acceptors (Lipinski definition) is 5. The Morgan fingerprint density at radius 1 is 1.00 bits per heavy atom. The number of aryl methyl sites for hydroxylation is 1. The van der Waals surface area contributed by atoms with Crippen molar-refractivity contribution in [1.82, 2.24) is 9.88 Å². The molecule has 1 saturated heterocycles. The zero-order valence-electron chi connectivity index (χ0n) is 19.7. The molecule has 7 heteroatoms. The first kappa shape index (κ1) is 24.0. The average Bonchev–Trinajstić information content (AvgIpc) is 3.35. The fraction of sp³-hybridized carbons (Fsp3) is 0.207. The van der Waals surface area contributed by atoms with Crippen LogP contribution in [0.3, 0.4) is 0 Å². The van der Waals surface area contributed by atoms with E-state index >= 15 is 0 Å². The second kappa shape index (κ2) is 10.9. The van der Waals surface area contributed by atoms with Gasteiger partial charge >= 0.3 is 0 Å². The maximum atomic E-state index is 12.7. The lowest BCUT2D eigenvalue weighted by atomic mass is 10.0. The van der Waals surface area contributed by atoms with Gasteiger partial charge in [0.25, 0.3) is 5.91 Å². The molecule has 3 heterocycles. The summed E-state index contributed by atoms with van der Waals surface area (Å²) in [6.45, 7) is 2.37. The highest BCUT2D eigenvalue weighted by Crippen LogP contribution is 2.33. The van der Waals surface area contributed by atoms with Crippen LogP contribution in [0.15, 0.2) is 77.4 Å². The molecule has 182 valence electrons. The molecule has 1 aliphatic rings. The van der Waals surface area contributed by atoms with Crippen molar-refractivity contribution in [3.8, 4) is 11.1 Å². The summed E-state index contributed by atoms with van der Waals surface area (Å²) < 4.78 is 11.3. The Kier molecular flexibility index (Phi) is 7.26. The number of ketones is 1. The highest BCUT2D eigenvalue weighted by Gasteiger charge is 2.18. The second-order valence-corrected chi connectivity index (χ2v) is 9.03. The number of morpholine rings is 1. The van der Waals surface area contributed by atoms with Gasteiger partial charge in [-0.15, -0.1) is 0 Å². The topological polar surface area (TPSA) is 72.6 Å². The van der Waals surface area contributed by atoms with Gasteiger partial charge in [-0.2, -0.15) is 0 Å². The quantitative estimate of drug-likeness (QED) is 0.298. The van der Waals surface area contributed by atoms with E-state index in [-0.39, 0.29) is 11.7 Å². The van der Waals surface area contributed by atoms with Gasteiger partial charge in [-0.3, -0.25) is 14.6 Å². The summed E-state index contributed by atoms with van der Waals surface area (Å²) >= 11 is 6.54. The Morgan fingerprint density at radius 3 is 2.56 bits per heavy atom. The third-order valence-corrected chi connectivity index (χ3v) is 6.41. The van der Waals surface area contributed by atoms with Crippen LogP contribution in [-0.4, -0.2) is 47.9 Å². The van der Waals surface area contributed by atoms with Crippen molar-refractivity contribution >= 4 is 40.3 Å². The molecule has 4 aromatic rings. The number of fused-ring (bicyclic) bond motifs is 1. The number of allylic oxidation sites excluding steroid dienone is 1. The molecule has 0 atom stereocenters. The first-order valence-electron chi connectivity index (χ1n) is 11.9. The van der Waals surface area contributed by atoms with Crippen molar-refractivity contribution in [1.29, 1.82) is 0 Å². The Bertz CT molecular complexity index is 1400. The van der Waals surface area contributed by atoms with E-state index in [2.05, 4.69) is 4.98 Å². The van der Waals surface area contributed by atoms with Gasteiger partial charge in [-0.1, -0.05) is 29.8 Å². The Morgan fingerprint density at radius 2 is 1.81 bits per heavy atom. The van der Waals surface area contributed by atoms with E-state index < -0.39 is 0 Å². The molecule has 1 aliphatic heterocycles. The summed E-state index contributed by atoms with van der Waals surface area (Å²) in [4.78, 5) is 31.0. The van der Waals surface area contributed by atoms with Crippen LogP contribution in [0.25, 0.3) is 28.2 Å². The van der Waals surface area contributed by atoms with Crippen LogP contribution >= 0.6 is 11.6 Å². The Labute approximate surface area is 214 Å². The number of hydrogen-bond donors (Lipinski definition) is 0. The molecule has 6 nitrogen and oxygen atoms in total. The summed E-state index contributed by atoms with van der Waals surface area (Å²) in [5.41, 5.74) is 3.88. The van der Waals surface area contributed by atoms with Crippen LogP contribution < -0.4 is 0 Å². The number of halogens is 1. The maximum Gasteiger partial charge on any atom is 0.254 e. The van der Waals surface area contributed by atoms with E-state index in [0.29, 0.717) is 61.1 Å². The first-order valence-corrected chi connectivity index (χ1v) is 12.3. The molecule has 2 aromatic carbocycles. The van der Waals surface area contributed by atoms with Crippen molar-refractivity contribution in [2.75, 3.05) is 26.3 Å². The summed E-state index contributed by atoms with van der Waals surface area (Å²) in [5.74, 6) is 0.719. The number of amides is 1. The van der Waals surface area contributed by atoms with Gasteiger partial charge in [-0.05, 0) is 65.7 Å². The van der Waals surface area contributed by atoms with E-state index in [1.165, 1.54) is 0 Å². The maximum absolute atomic E-state index is 12.7. The first-order chi connectivity index (χ1) is 17.6. The lowest BCUT2D eigenvalue weighted by Gasteiger charge is -2.26. The molecular formula is C29H25ClN2O4. The normalized spacial score (nSPS) is 14.0.